The number of carbonyl (C=O) groups is 2. The van der Waals surface area contributed by atoms with E-state index in [4.69, 9.17) is 0 Å². The number of amides is 2. The summed E-state index contributed by atoms with van der Waals surface area (Å²) in [4.78, 5) is 26.0. The molecule has 2 amide bonds. The van der Waals surface area contributed by atoms with E-state index in [1.54, 1.807) is 24.3 Å². The normalized spacial score (nSPS) is 13.8. The van der Waals surface area contributed by atoms with Crippen molar-refractivity contribution in [2.45, 2.75) is 19.4 Å². The number of carbonyl (C=O) groups excluding carboxylic acids is 2. The molecule has 1 aliphatic rings. The van der Waals surface area contributed by atoms with E-state index in [1.807, 2.05) is 29.2 Å². The third kappa shape index (κ3) is 3.84. The maximum absolute atomic E-state index is 12.4. The van der Waals surface area contributed by atoms with E-state index in [9.17, 15) is 9.59 Å². The molecular formula is C19H18N6O2. The second-order valence-electron chi connectivity index (χ2n) is 6.37. The molecule has 0 unspecified atom stereocenters. The number of aromatic nitrogens is 4. The van der Waals surface area contributed by atoms with E-state index in [1.165, 1.54) is 11.0 Å². The largest absolute Gasteiger partial charge is 0.338 e. The molecular weight excluding hydrogens is 344 g/mol. The fraction of sp³-hybridized carbons (Fsp3) is 0.211. The van der Waals surface area contributed by atoms with Gasteiger partial charge in [-0.05, 0) is 58.8 Å². The quantitative estimate of drug-likeness (QED) is 0.750. The van der Waals surface area contributed by atoms with Crippen LogP contribution in [0.25, 0.3) is 5.69 Å². The first-order valence-electron chi connectivity index (χ1n) is 8.70. The number of tetrazole rings is 1. The Morgan fingerprint density at radius 2 is 1.85 bits per heavy atom. The van der Waals surface area contributed by atoms with Gasteiger partial charge in [-0.1, -0.05) is 12.1 Å². The Hall–Kier alpha value is -3.55. The van der Waals surface area contributed by atoms with Crippen LogP contribution in [0, 0.1) is 0 Å². The molecule has 0 radical (unpaired) electrons. The van der Waals surface area contributed by atoms with Gasteiger partial charge >= 0.3 is 0 Å². The molecule has 136 valence electrons. The molecule has 0 aliphatic carbocycles. The molecule has 1 saturated heterocycles. The lowest BCUT2D eigenvalue weighted by Crippen LogP contribution is -2.23. The molecule has 8 heteroatoms. The van der Waals surface area contributed by atoms with Crippen LogP contribution in [0.5, 0.6) is 0 Å². The highest BCUT2D eigenvalue weighted by Crippen LogP contribution is 2.16. The van der Waals surface area contributed by atoms with Crippen molar-refractivity contribution in [3.63, 3.8) is 0 Å². The molecule has 2 heterocycles. The molecule has 8 nitrogen and oxygen atoms in total. The number of rotatable bonds is 5. The summed E-state index contributed by atoms with van der Waals surface area (Å²) in [6.45, 7) is 1.40. The maximum atomic E-state index is 12.4. The van der Waals surface area contributed by atoms with Crippen LogP contribution >= 0.6 is 0 Å². The molecule has 1 fully saturated rings. The second-order valence-corrected chi connectivity index (χ2v) is 6.37. The molecule has 1 aliphatic heterocycles. The molecule has 1 N–H and O–H groups in total. The number of nitrogens with one attached hydrogen (secondary N) is 1. The van der Waals surface area contributed by atoms with Crippen LogP contribution in [-0.4, -0.2) is 43.5 Å². The number of nitrogens with zero attached hydrogens (tertiary/aromatic N) is 5. The summed E-state index contributed by atoms with van der Waals surface area (Å²) >= 11 is 0. The van der Waals surface area contributed by atoms with Gasteiger partial charge in [0.25, 0.3) is 5.91 Å². The third-order valence-electron chi connectivity index (χ3n) is 4.50. The SMILES string of the molecule is O=C(Nc1ccc(-n2cnnn2)cc1)c1ccc(CN2CCCC2=O)cc1. The highest BCUT2D eigenvalue weighted by Gasteiger charge is 2.20. The second kappa shape index (κ2) is 7.36. The first kappa shape index (κ1) is 16.9. The first-order chi connectivity index (χ1) is 13.2. The molecule has 3 aromatic rings. The van der Waals surface area contributed by atoms with Gasteiger partial charge in [0.05, 0.1) is 5.69 Å². The number of benzene rings is 2. The summed E-state index contributed by atoms with van der Waals surface area (Å²) in [7, 11) is 0. The van der Waals surface area contributed by atoms with Crippen LogP contribution in [-0.2, 0) is 11.3 Å². The Balaban J connectivity index is 1.38. The van der Waals surface area contributed by atoms with Gasteiger partial charge in [-0.2, -0.15) is 0 Å². The van der Waals surface area contributed by atoms with Crippen LogP contribution in [0.15, 0.2) is 54.9 Å². The molecule has 1 aromatic heterocycles. The lowest BCUT2D eigenvalue weighted by molar-refractivity contribution is -0.128. The van der Waals surface area contributed by atoms with Crippen molar-refractivity contribution in [3.8, 4) is 5.69 Å². The average Bonchev–Trinajstić information content (AvgIpc) is 3.36. The fourth-order valence-electron chi connectivity index (χ4n) is 3.03. The smallest absolute Gasteiger partial charge is 0.255 e. The van der Waals surface area contributed by atoms with Gasteiger partial charge in [0.15, 0.2) is 0 Å². The molecule has 0 atom stereocenters. The van der Waals surface area contributed by atoms with Crippen molar-refractivity contribution >= 4 is 17.5 Å². The van der Waals surface area contributed by atoms with Gasteiger partial charge in [-0.3, -0.25) is 9.59 Å². The maximum Gasteiger partial charge on any atom is 0.255 e. The number of hydrogen-bond acceptors (Lipinski definition) is 5. The third-order valence-corrected chi connectivity index (χ3v) is 4.50. The Morgan fingerprint density at radius 1 is 1.07 bits per heavy atom. The van der Waals surface area contributed by atoms with Gasteiger partial charge in [0.2, 0.25) is 5.91 Å². The van der Waals surface area contributed by atoms with Crippen LogP contribution < -0.4 is 5.32 Å². The van der Waals surface area contributed by atoms with Crippen molar-refractivity contribution in [3.05, 3.63) is 66.0 Å². The summed E-state index contributed by atoms with van der Waals surface area (Å²) in [5, 5.41) is 13.9. The van der Waals surface area contributed by atoms with Crippen LogP contribution in [0.1, 0.15) is 28.8 Å². The molecule has 27 heavy (non-hydrogen) atoms. The fourth-order valence-corrected chi connectivity index (χ4v) is 3.03. The Morgan fingerprint density at radius 3 is 2.48 bits per heavy atom. The minimum Gasteiger partial charge on any atom is -0.338 e. The van der Waals surface area contributed by atoms with E-state index in [0.717, 1.165) is 24.2 Å². The van der Waals surface area contributed by atoms with E-state index >= 15 is 0 Å². The van der Waals surface area contributed by atoms with E-state index in [-0.39, 0.29) is 11.8 Å². The summed E-state index contributed by atoms with van der Waals surface area (Å²) in [6, 6.07) is 14.6. The zero-order valence-electron chi connectivity index (χ0n) is 14.6. The average molecular weight is 362 g/mol. The molecule has 0 bridgehead atoms. The number of likely N-dealkylation sites (tertiary alicyclic amines) is 1. The number of hydrogen-bond donors (Lipinski definition) is 1. The van der Waals surface area contributed by atoms with Gasteiger partial charge in [0.1, 0.15) is 6.33 Å². The Kier molecular flexibility index (Phi) is 4.61. The van der Waals surface area contributed by atoms with E-state index < -0.39 is 0 Å². The predicted molar refractivity (Wildman–Crippen MR) is 98.2 cm³/mol. The van der Waals surface area contributed by atoms with E-state index in [2.05, 4.69) is 20.8 Å². The van der Waals surface area contributed by atoms with Crippen molar-refractivity contribution in [1.29, 1.82) is 0 Å². The number of anilines is 1. The van der Waals surface area contributed by atoms with Crippen molar-refractivity contribution in [2.24, 2.45) is 0 Å². The highest BCUT2D eigenvalue weighted by molar-refractivity contribution is 6.04. The van der Waals surface area contributed by atoms with Crippen molar-refractivity contribution < 1.29 is 9.59 Å². The highest BCUT2D eigenvalue weighted by atomic mass is 16.2. The topological polar surface area (TPSA) is 93.0 Å². The monoisotopic (exact) mass is 362 g/mol. The van der Waals surface area contributed by atoms with E-state index in [0.29, 0.717) is 24.2 Å². The standard InChI is InChI=1S/C19H18N6O2/c26-18-2-1-11-24(18)12-14-3-5-15(6-4-14)19(27)21-16-7-9-17(10-8-16)25-13-20-22-23-25/h3-10,13H,1-2,11-12H2,(H,21,27). The summed E-state index contributed by atoms with van der Waals surface area (Å²) < 4.78 is 1.54. The van der Waals surface area contributed by atoms with Gasteiger partial charge in [-0.15, -0.1) is 5.10 Å². The zero-order valence-corrected chi connectivity index (χ0v) is 14.6. The summed E-state index contributed by atoms with van der Waals surface area (Å²) in [5.74, 6) is 0.0101. The van der Waals surface area contributed by atoms with Crippen LogP contribution in [0.2, 0.25) is 0 Å². The van der Waals surface area contributed by atoms with Crippen LogP contribution in [0.4, 0.5) is 5.69 Å². The van der Waals surface area contributed by atoms with Gasteiger partial charge in [0, 0.05) is 30.8 Å². The lowest BCUT2D eigenvalue weighted by atomic mass is 10.1. The molecule has 0 spiro atoms. The molecule has 0 saturated carbocycles. The van der Waals surface area contributed by atoms with Crippen molar-refractivity contribution in [1.82, 2.24) is 25.1 Å². The predicted octanol–water partition coefficient (Wildman–Crippen LogP) is 2.04. The van der Waals surface area contributed by atoms with Crippen LogP contribution in [0.3, 0.4) is 0 Å². The summed E-state index contributed by atoms with van der Waals surface area (Å²) in [6.07, 6.45) is 3.06. The first-order valence-corrected chi connectivity index (χ1v) is 8.70. The zero-order chi connectivity index (χ0) is 18.6. The van der Waals surface area contributed by atoms with Gasteiger partial charge in [-0.25, -0.2) is 4.68 Å². The Labute approximate surface area is 155 Å². The minimum atomic E-state index is -0.186. The molecule has 4 rings (SSSR count). The van der Waals surface area contributed by atoms with Gasteiger partial charge < -0.3 is 10.2 Å². The Bertz CT molecular complexity index is 935. The minimum absolute atomic E-state index is 0.186. The summed E-state index contributed by atoms with van der Waals surface area (Å²) in [5.41, 5.74) is 3.08. The lowest BCUT2D eigenvalue weighted by Gasteiger charge is -2.15. The van der Waals surface area contributed by atoms with Crippen molar-refractivity contribution in [2.75, 3.05) is 11.9 Å². The molecule has 2 aromatic carbocycles.